The molecular weight excluding hydrogens is 370 g/mol. The van der Waals surface area contributed by atoms with Crippen LogP contribution in [0.15, 0.2) is 42.7 Å². The Kier molecular flexibility index (Phi) is 5.14. The third-order valence-electron chi connectivity index (χ3n) is 4.85. The van der Waals surface area contributed by atoms with E-state index >= 15 is 0 Å². The quantitative estimate of drug-likeness (QED) is 0.461. The lowest BCUT2D eigenvalue weighted by Crippen LogP contribution is -2.23. The van der Waals surface area contributed by atoms with Crippen molar-refractivity contribution in [3.63, 3.8) is 0 Å². The van der Waals surface area contributed by atoms with Crippen LogP contribution in [0.5, 0.6) is 0 Å². The van der Waals surface area contributed by atoms with Crippen molar-refractivity contribution in [1.82, 2.24) is 19.5 Å². The number of hydrogen-bond donors (Lipinski definition) is 3. The summed E-state index contributed by atoms with van der Waals surface area (Å²) in [4.78, 5) is 13.2. The molecule has 4 N–H and O–H groups in total. The molecule has 0 aliphatic rings. The third-order valence-corrected chi connectivity index (χ3v) is 4.85. The van der Waals surface area contributed by atoms with Crippen LogP contribution in [-0.2, 0) is 11.3 Å². The first-order valence-electron chi connectivity index (χ1n) is 9.45. The Hall–Kier alpha value is -3.07. The van der Waals surface area contributed by atoms with Gasteiger partial charge in [-0.05, 0) is 31.5 Å². The second-order valence-corrected chi connectivity index (χ2v) is 6.86. The standard InChI is InChI=1S/C21H23N5O3/c1-3-29-11-17-25-18-19(26(17)21(28)12(2)27)15-7-6-13(9-16(15)24-20(18)22)14-5-4-8-23-10-14/h4-10,12,21,27-28H,3,11H2,1-2H3,(H2,22,24). The average molecular weight is 393 g/mol. The minimum Gasteiger partial charge on any atom is -0.389 e. The number of anilines is 1. The van der Waals surface area contributed by atoms with Crippen LogP contribution in [0.25, 0.3) is 33.1 Å². The molecule has 2 atom stereocenters. The van der Waals surface area contributed by atoms with E-state index in [0.29, 0.717) is 29.0 Å². The molecule has 0 fully saturated rings. The highest BCUT2D eigenvalue weighted by Crippen LogP contribution is 2.33. The molecule has 29 heavy (non-hydrogen) atoms. The monoisotopic (exact) mass is 393 g/mol. The molecule has 0 radical (unpaired) electrons. The SMILES string of the molecule is CCOCc1nc2c(N)nc3cc(-c4cccnc4)ccc3c2n1C(O)C(C)O. The topological polar surface area (TPSA) is 119 Å². The molecule has 8 nitrogen and oxygen atoms in total. The number of pyridine rings is 2. The number of imidazole rings is 1. The molecule has 0 saturated heterocycles. The van der Waals surface area contributed by atoms with Gasteiger partial charge in [-0.15, -0.1) is 0 Å². The Labute approximate surface area is 167 Å². The first-order valence-corrected chi connectivity index (χ1v) is 9.45. The maximum Gasteiger partial charge on any atom is 0.158 e. The number of rotatable bonds is 6. The van der Waals surface area contributed by atoms with Gasteiger partial charge in [0, 0.05) is 30.0 Å². The molecule has 0 bridgehead atoms. The summed E-state index contributed by atoms with van der Waals surface area (Å²) >= 11 is 0. The summed E-state index contributed by atoms with van der Waals surface area (Å²) in [7, 11) is 0. The van der Waals surface area contributed by atoms with Gasteiger partial charge in [-0.1, -0.05) is 18.2 Å². The van der Waals surface area contributed by atoms with Crippen molar-refractivity contribution in [2.45, 2.75) is 32.8 Å². The summed E-state index contributed by atoms with van der Waals surface area (Å²) in [6, 6.07) is 9.65. The van der Waals surface area contributed by atoms with Gasteiger partial charge in [0.25, 0.3) is 0 Å². The Morgan fingerprint density at radius 1 is 1.17 bits per heavy atom. The number of fused-ring (bicyclic) bond motifs is 3. The van der Waals surface area contributed by atoms with E-state index in [2.05, 4.69) is 15.0 Å². The van der Waals surface area contributed by atoms with Crippen molar-refractivity contribution in [2.75, 3.05) is 12.3 Å². The first kappa shape index (κ1) is 19.3. The number of nitrogen functional groups attached to an aromatic ring is 1. The van der Waals surface area contributed by atoms with E-state index in [-0.39, 0.29) is 12.4 Å². The summed E-state index contributed by atoms with van der Waals surface area (Å²) in [5.41, 5.74) is 9.89. The Balaban J connectivity index is 1.99. The van der Waals surface area contributed by atoms with Crippen LogP contribution in [0, 0.1) is 0 Å². The highest BCUT2D eigenvalue weighted by atomic mass is 16.5. The van der Waals surface area contributed by atoms with Gasteiger partial charge in [-0.2, -0.15) is 0 Å². The smallest absolute Gasteiger partial charge is 0.158 e. The number of aromatic nitrogens is 4. The number of hydrogen-bond acceptors (Lipinski definition) is 7. The maximum atomic E-state index is 10.7. The summed E-state index contributed by atoms with van der Waals surface area (Å²) < 4.78 is 7.09. The molecule has 1 aromatic carbocycles. The molecular formula is C21H23N5O3. The van der Waals surface area contributed by atoms with Crippen LogP contribution in [0.4, 0.5) is 5.82 Å². The van der Waals surface area contributed by atoms with Crippen LogP contribution in [-0.4, -0.2) is 42.4 Å². The number of nitrogens with zero attached hydrogens (tertiary/aromatic N) is 4. The molecule has 0 spiro atoms. The van der Waals surface area contributed by atoms with E-state index in [9.17, 15) is 10.2 Å². The van der Waals surface area contributed by atoms with Gasteiger partial charge in [-0.25, -0.2) is 9.97 Å². The predicted molar refractivity (Wildman–Crippen MR) is 111 cm³/mol. The van der Waals surface area contributed by atoms with Crippen LogP contribution >= 0.6 is 0 Å². The van der Waals surface area contributed by atoms with Gasteiger partial charge in [0.1, 0.15) is 17.9 Å². The zero-order valence-corrected chi connectivity index (χ0v) is 16.3. The number of aliphatic hydroxyl groups is 2. The van der Waals surface area contributed by atoms with E-state index < -0.39 is 12.3 Å². The predicted octanol–water partition coefficient (Wildman–Crippen LogP) is 2.64. The second kappa shape index (κ2) is 7.75. The minimum atomic E-state index is -1.20. The lowest BCUT2D eigenvalue weighted by molar-refractivity contribution is -0.0200. The molecule has 150 valence electrons. The van der Waals surface area contributed by atoms with Crippen molar-refractivity contribution in [1.29, 1.82) is 0 Å². The third kappa shape index (κ3) is 3.42. The van der Waals surface area contributed by atoms with Gasteiger partial charge in [0.2, 0.25) is 0 Å². The second-order valence-electron chi connectivity index (χ2n) is 6.86. The van der Waals surface area contributed by atoms with Crippen molar-refractivity contribution in [2.24, 2.45) is 0 Å². The van der Waals surface area contributed by atoms with E-state index in [4.69, 9.17) is 10.5 Å². The number of aliphatic hydroxyl groups excluding tert-OH is 2. The van der Waals surface area contributed by atoms with Crippen molar-refractivity contribution in [3.05, 3.63) is 48.5 Å². The summed E-state index contributed by atoms with van der Waals surface area (Å²) in [5, 5.41) is 21.5. The molecule has 3 heterocycles. The molecule has 4 aromatic rings. The Morgan fingerprint density at radius 3 is 2.69 bits per heavy atom. The fourth-order valence-corrected chi connectivity index (χ4v) is 3.43. The number of ether oxygens (including phenoxy) is 1. The lowest BCUT2D eigenvalue weighted by atomic mass is 10.0. The fraction of sp³-hybridized carbons (Fsp3) is 0.286. The van der Waals surface area contributed by atoms with Crippen molar-refractivity contribution in [3.8, 4) is 11.1 Å². The van der Waals surface area contributed by atoms with Gasteiger partial charge in [0.05, 0.1) is 17.1 Å². The van der Waals surface area contributed by atoms with Gasteiger partial charge < -0.3 is 20.7 Å². The molecule has 2 unspecified atom stereocenters. The van der Waals surface area contributed by atoms with Crippen LogP contribution < -0.4 is 5.73 Å². The van der Waals surface area contributed by atoms with E-state index in [0.717, 1.165) is 16.5 Å². The highest BCUT2D eigenvalue weighted by molar-refractivity contribution is 6.07. The zero-order valence-electron chi connectivity index (χ0n) is 16.3. The summed E-state index contributed by atoms with van der Waals surface area (Å²) in [5.74, 6) is 0.734. The summed E-state index contributed by atoms with van der Waals surface area (Å²) in [6.45, 7) is 4.08. The van der Waals surface area contributed by atoms with Crippen molar-refractivity contribution >= 4 is 27.8 Å². The average Bonchev–Trinajstić information content (AvgIpc) is 3.12. The number of nitrogens with two attached hydrogens (primary N) is 1. The van der Waals surface area contributed by atoms with Crippen LogP contribution in [0.2, 0.25) is 0 Å². The van der Waals surface area contributed by atoms with E-state index in [1.165, 1.54) is 6.92 Å². The van der Waals surface area contributed by atoms with Gasteiger partial charge >= 0.3 is 0 Å². The van der Waals surface area contributed by atoms with E-state index in [1.807, 2.05) is 37.3 Å². The van der Waals surface area contributed by atoms with Crippen LogP contribution in [0.3, 0.4) is 0 Å². The number of benzene rings is 1. The maximum absolute atomic E-state index is 10.7. The Bertz CT molecular complexity index is 1160. The van der Waals surface area contributed by atoms with Crippen molar-refractivity contribution < 1.29 is 14.9 Å². The zero-order chi connectivity index (χ0) is 20.5. The largest absolute Gasteiger partial charge is 0.389 e. The lowest BCUT2D eigenvalue weighted by Gasteiger charge is -2.19. The van der Waals surface area contributed by atoms with E-state index in [1.54, 1.807) is 17.0 Å². The first-order chi connectivity index (χ1) is 14.0. The molecule has 0 aliphatic heterocycles. The minimum absolute atomic E-state index is 0.184. The van der Waals surface area contributed by atoms with Gasteiger partial charge in [0.15, 0.2) is 12.0 Å². The molecule has 0 amide bonds. The van der Waals surface area contributed by atoms with Gasteiger partial charge in [-0.3, -0.25) is 9.55 Å². The normalized spacial score (nSPS) is 13.8. The molecule has 3 aromatic heterocycles. The molecule has 8 heteroatoms. The summed E-state index contributed by atoms with van der Waals surface area (Å²) in [6.07, 6.45) is 1.30. The van der Waals surface area contributed by atoms with Crippen LogP contribution in [0.1, 0.15) is 25.9 Å². The molecule has 4 rings (SSSR count). The fourth-order valence-electron chi connectivity index (χ4n) is 3.43. The molecule has 0 aliphatic carbocycles. The Morgan fingerprint density at radius 2 is 2.00 bits per heavy atom. The highest BCUT2D eigenvalue weighted by Gasteiger charge is 2.24. The molecule has 0 saturated carbocycles.